The average molecular weight is 297 g/mol. The van der Waals surface area contributed by atoms with Crippen LogP contribution in [0, 0.1) is 24.2 Å². The summed E-state index contributed by atoms with van der Waals surface area (Å²) in [5.74, 6) is 0.566. The van der Waals surface area contributed by atoms with Crippen LogP contribution in [-0.2, 0) is 0 Å². The number of nitrogens with zero attached hydrogens (tertiary/aromatic N) is 2. The number of fused-ring (bicyclic) bond motifs is 2. The minimum Gasteiger partial charge on any atom is -0.318 e. The fourth-order valence-electron chi connectivity index (χ4n) is 3.92. The summed E-state index contributed by atoms with van der Waals surface area (Å²) in [4.78, 5) is 14.5. The van der Waals surface area contributed by atoms with Gasteiger partial charge in [-0.2, -0.15) is 5.26 Å². The lowest BCUT2D eigenvalue weighted by molar-refractivity contribution is -0.00601. The molecule has 1 aromatic carbocycles. The molecule has 1 aromatic rings. The van der Waals surface area contributed by atoms with Gasteiger partial charge in [0.1, 0.15) is 0 Å². The monoisotopic (exact) mass is 297 g/mol. The first-order chi connectivity index (χ1) is 10.5. The zero-order valence-electron chi connectivity index (χ0n) is 13.5. The summed E-state index contributed by atoms with van der Waals surface area (Å²) in [5.41, 5.74) is 2.85. The van der Waals surface area contributed by atoms with Crippen LogP contribution in [0.5, 0.6) is 0 Å². The second-order valence-corrected chi connectivity index (χ2v) is 6.88. The third kappa shape index (κ3) is 2.56. The molecule has 0 saturated carbocycles. The number of piperidine rings is 1. The Balaban J connectivity index is 1.71. The molecule has 1 N–H and O–H groups in total. The van der Waals surface area contributed by atoms with Crippen LogP contribution < -0.4 is 5.32 Å². The number of aryl methyl sites for hydroxylation is 1. The molecule has 22 heavy (non-hydrogen) atoms. The van der Waals surface area contributed by atoms with E-state index in [2.05, 4.69) is 18.3 Å². The van der Waals surface area contributed by atoms with Crippen LogP contribution in [0.1, 0.15) is 50.2 Å². The number of nitrogens with one attached hydrogen (secondary N) is 1. The maximum Gasteiger partial charge on any atom is 0.322 e. The topological polar surface area (TPSA) is 56.1 Å². The number of amides is 2. The van der Waals surface area contributed by atoms with E-state index in [9.17, 15) is 4.79 Å². The Hall–Kier alpha value is -2.02. The number of nitriles is 1. The number of urea groups is 1. The Bertz CT molecular complexity index is 622. The predicted octanol–water partition coefficient (Wildman–Crippen LogP) is 4.03. The molecule has 0 aromatic heterocycles. The van der Waals surface area contributed by atoms with E-state index in [4.69, 9.17) is 5.26 Å². The molecule has 116 valence electrons. The molecule has 2 aliphatic rings. The Morgan fingerprint density at radius 3 is 2.68 bits per heavy atom. The molecule has 3 rings (SSSR count). The van der Waals surface area contributed by atoms with Crippen molar-refractivity contribution < 1.29 is 4.79 Å². The third-order valence-electron chi connectivity index (χ3n) is 5.10. The third-order valence-corrected chi connectivity index (χ3v) is 5.10. The van der Waals surface area contributed by atoms with Crippen LogP contribution in [0.3, 0.4) is 0 Å². The molecule has 2 aliphatic heterocycles. The molecule has 2 fully saturated rings. The molecule has 0 spiro atoms. The zero-order valence-corrected chi connectivity index (χ0v) is 13.5. The van der Waals surface area contributed by atoms with Crippen molar-refractivity contribution in [3.05, 3.63) is 29.3 Å². The SMILES string of the molecule is Cc1ccc(NC(=O)N2C3CC(C)CC2C3)cc1C(C)C#N. The number of benzene rings is 1. The summed E-state index contributed by atoms with van der Waals surface area (Å²) in [5, 5.41) is 12.1. The van der Waals surface area contributed by atoms with Crippen molar-refractivity contribution in [3.8, 4) is 6.07 Å². The van der Waals surface area contributed by atoms with E-state index in [0.717, 1.165) is 42.0 Å². The first kappa shape index (κ1) is 14.9. The van der Waals surface area contributed by atoms with Crippen molar-refractivity contribution in [2.24, 2.45) is 5.92 Å². The number of carbonyl (C=O) groups is 1. The summed E-state index contributed by atoms with van der Waals surface area (Å²) in [6.45, 7) is 6.15. The molecule has 3 unspecified atom stereocenters. The molecule has 2 bridgehead atoms. The Labute approximate surface area is 132 Å². The number of rotatable bonds is 2. The maximum atomic E-state index is 12.5. The Morgan fingerprint density at radius 2 is 2.05 bits per heavy atom. The van der Waals surface area contributed by atoms with Crippen LogP contribution >= 0.6 is 0 Å². The van der Waals surface area contributed by atoms with Gasteiger partial charge in [-0.3, -0.25) is 0 Å². The maximum absolute atomic E-state index is 12.5. The van der Waals surface area contributed by atoms with Gasteiger partial charge in [0.15, 0.2) is 0 Å². The lowest BCUT2D eigenvalue weighted by atomic mass is 9.74. The van der Waals surface area contributed by atoms with Crippen LogP contribution in [0.4, 0.5) is 10.5 Å². The van der Waals surface area contributed by atoms with Crippen molar-refractivity contribution in [1.82, 2.24) is 4.90 Å². The van der Waals surface area contributed by atoms with Gasteiger partial charge in [0.25, 0.3) is 0 Å². The van der Waals surface area contributed by atoms with Gasteiger partial charge in [-0.25, -0.2) is 4.79 Å². The summed E-state index contributed by atoms with van der Waals surface area (Å²) in [6, 6.07) is 8.91. The minimum absolute atomic E-state index is 0.00700. The molecular formula is C18H23N3O. The highest BCUT2D eigenvalue weighted by atomic mass is 16.2. The highest BCUT2D eigenvalue weighted by Gasteiger charge is 2.46. The van der Waals surface area contributed by atoms with E-state index in [1.54, 1.807) is 0 Å². The summed E-state index contributed by atoms with van der Waals surface area (Å²) in [6.07, 6.45) is 3.39. The van der Waals surface area contributed by atoms with E-state index >= 15 is 0 Å². The van der Waals surface area contributed by atoms with Crippen molar-refractivity contribution in [2.75, 3.05) is 5.32 Å². The van der Waals surface area contributed by atoms with Crippen molar-refractivity contribution in [3.63, 3.8) is 0 Å². The van der Waals surface area contributed by atoms with Gasteiger partial charge in [0.05, 0.1) is 12.0 Å². The quantitative estimate of drug-likeness (QED) is 0.896. The molecule has 2 saturated heterocycles. The first-order valence-electron chi connectivity index (χ1n) is 8.09. The number of hydrogen-bond acceptors (Lipinski definition) is 2. The molecule has 0 radical (unpaired) electrons. The lowest BCUT2D eigenvalue weighted by Crippen LogP contribution is -2.63. The molecule has 0 aliphatic carbocycles. The van der Waals surface area contributed by atoms with Gasteiger partial charge >= 0.3 is 6.03 Å². The largest absolute Gasteiger partial charge is 0.322 e. The predicted molar refractivity (Wildman–Crippen MR) is 86.7 cm³/mol. The van der Waals surface area contributed by atoms with E-state index in [0.29, 0.717) is 12.1 Å². The van der Waals surface area contributed by atoms with E-state index < -0.39 is 0 Å². The zero-order chi connectivity index (χ0) is 15.9. The van der Waals surface area contributed by atoms with Crippen molar-refractivity contribution in [2.45, 2.75) is 58.0 Å². The smallest absolute Gasteiger partial charge is 0.318 e. The van der Waals surface area contributed by atoms with E-state index in [1.807, 2.05) is 36.9 Å². The molecule has 3 atom stereocenters. The molecule has 4 heteroatoms. The van der Waals surface area contributed by atoms with Crippen molar-refractivity contribution >= 4 is 11.7 Å². The molecule has 2 heterocycles. The van der Waals surface area contributed by atoms with Gasteiger partial charge in [-0.05, 0) is 62.3 Å². The van der Waals surface area contributed by atoms with Gasteiger partial charge < -0.3 is 10.2 Å². The van der Waals surface area contributed by atoms with Gasteiger partial charge in [0, 0.05) is 17.8 Å². The normalized spacial score (nSPS) is 27.5. The van der Waals surface area contributed by atoms with Crippen LogP contribution in [0.15, 0.2) is 18.2 Å². The molecule has 4 nitrogen and oxygen atoms in total. The minimum atomic E-state index is -0.166. The summed E-state index contributed by atoms with van der Waals surface area (Å²) in [7, 11) is 0. The first-order valence-corrected chi connectivity index (χ1v) is 8.09. The van der Waals surface area contributed by atoms with Crippen LogP contribution in [0.25, 0.3) is 0 Å². The summed E-state index contributed by atoms with van der Waals surface area (Å²) >= 11 is 0. The van der Waals surface area contributed by atoms with Gasteiger partial charge in [-0.15, -0.1) is 0 Å². The molecular weight excluding hydrogens is 274 g/mol. The van der Waals surface area contributed by atoms with Gasteiger partial charge in [-0.1, -0.05) is 13.0 Å². The second-order valence-electron chi connectivity index (χ2n) is 6.88. The number of anilines is 1. The highest BCUT2D eigenvalue weighted by molar-refractivity contribution is 5.90. The van der Waals surface area contributed by atoms with Gasteiger partial charge in [0.2, 0.25) is 0 Å². The Kier molecular flexibility index (Phi) is 3.82. The van der Waals surface area contributed by atoms with Crippen LogP contribution in [-0.4, -0.2) is 23.0 Å². The summed E-state index contributed by atoms with van der Waals surface area (Å²) < 4.78 is 0. The van der Waals surface area contributed by atoms with E-state index in [1.165, 1.54) is 0 Å². The fourth-order valence-corrected chi connectivity index (χ4v) is 3.92. The van der Waals surface area contributed by atoms with E-state index in [-0.39, 0.29) is 11.9 Å². The lowest BCUT2D eigenvalue weighted by Gasteiger charge is -2.54. The van der Waals surface area contributed by atoms with Crippen molar-refractivity contribution in [1.29, 1.82) is 5.26 Å². The van der Waals surface area contributed by atoms with Crippen LogP contribution in [0.2, 0.25) is 0 Å². The number of hydrogen-bond donors (Lipinski definition) is 1. The average Bonchev–Trinajstić information content (AvgIpc) is 2.47. The Morgan fingerprint density at radius 1 is 1.36 bits per heavy atom. The second kappa shape index (κ2) is 5.64. The molecule has 2 amide bonds. The number of carbonyl (C=O) groups excluding carboxylic acids is 1. The standard InChI is InChI=1S/C18H23N3O/c1-11-6-15-9-16(7-11)21(15)18(22)20-14-5-4-12(2)17(8-14)13(3)10-19/h4-5,8,11,13,15-16H,6-7,9H2,1-3H3,(H,20,22). The highest BCUT2D eigenvalue weighted by Crippen LogP contribution is 2.41. The fraction of sp³-hybridized carbons (Fsp3) is 0.556.